The molecule has 156 valence electrons. The fourth-order valence-corrected chi connectivity index (χ4v) is 4.11. The van der Waals surface area contributed by atoms with Crippen LogP contribution in [-0.4, -0.2) is 22.5 Å². The molecule has 0 radical (unpaired) electrons. The van der Waals surface area contributed by atoms with Crippen LogP contribution >= 0.6 is 0 Å². The summed E-state index contributed by atoms with van der Waals surface area (Å²) in [6, 6.07) is 15.2. The Kier molecular flexibility index (Phi) is 4.43. The largest absolute Gasteiger partial charge is 0.507 e. The van der Waals surface area contributed by atoms with Crippen molar-refractivity contribution in [3.8, 4) is 17.3 Å². The Balaban J connectivity index is 1.48. The second-order valence-corrected chi connectivity index (χ2v) is 7.93. The molecular formula is C25H21NO5. The molecule has 2 aromatic heterocycles. The second-order valence-electron chi connectivity index (χ2n) is 7.93. The first-order valence-corrected chi connectivity index (χ1v) is 10.2. The molecule has 4 aromatic rings. The molecule has 1 amide bonds. The average molecular weight is 415 g/mol. The van der Waals surface area contributed by atoms with Gasteiger partial charge in [-0.25, -0.2) is 4.79 Å². The Morgan fingerprint density at radius 1 is 1.00 bits per heavy atom. The lowest BCUT2D eigenvalue weighted by molar-refractivity contribution is 0.0735. The number of hydrogen-bond donors (Lipinski definition) is 1. The lowest BCUT2D eigenvalue weighted by atomic mass is 9.99. The van der Waals surface area contributed by atoms with E-state index in [4.69, 9.17) is 8.83 Å². The van der Waals surface area contributed by atoms with Gasteiger partial charge in [0.1, 0.15) is 11.3 Å². The van der Waals surface area contributed by atoms with Crippen molar-refractivity contribution in [2.45, 2.75) is 26.8 Å². The Labute approximate surface area is 178 Å². The maximum Gasteiger partial charge on any atom is 0.343 e. The van der Waals surface area contributed by atoms with E-state index in [2.05, 4.69) is 12.1 Å². The number of carbonyl (C=O) groups is 1. The summed E-state index contributed by atoms with van der Waals surface area (Å²) in [5, 5.41) is 10.9. The van der Waals surface area contributed by atoms with Crippen molar-refractivity contribution in [1.82, 2.24) is 4.90 Å². The van der Waals surface area contributed by atoms with Gasteiger partial charge in [-0.05, 0) is 55.7 Å². The minimum atomic E-state index is -0.611. The fraction of sp³-hybridized carbons (Fsp3) is 0.200. The summed E-state index contributed by atoms with van der Waals surface area (Å²) in [4.78, 5) is 27.0. The van der Waals surface area contributed by atoms with Crippen molar-refractivity contribution in [3.05, 3.63) is 86.8 Å². The molecule has 0 spiro atoms. The summed E-state index contributed by atoms with van der Waals surface area (Å²) < 4.78 is 11.2. The Morgan fingerprint density at radius 3 is 2.58 bits per heavy atom. The van der Waals surface area contributed by atoms with Crippen LogP contribution in [0.5, 0.6) is 5.75 Å². The molecule has 0 saturated heterocycles. The molecule has 0 aliphatic carbocycles. The van der Waals surface area contributed by atoms with Gasteiger partial charge in [0.25, 0.3) is 5.91 Å². The van der Waals surface area contributed by atoms with Crippen LogP contribution in [0.2, 0.25) is 0 Å². The highest BCUT2D eigenvalue weighted by atomic mass is 16.4. The molecular weight excluding hydrogens is 394 g/mol. The van der Waals surface area contributed by atoms with E-state index in [9.17, 15) is 14.7 Å². The molecule has 0 fully saturated rings. The van der Waals surface area contributed by atoms with Gasteiger partial charge in [-0.15, -0.1) is 0 Å². The number of rotatable bonds is 2. The molecule has 0 unspecified atom stereocenters. The number of amides is 1. The van der Waals surface area contributed by atoms with Gasteiger partial charge < -0.3 is 18.8 Å². The van der Waals surface area contributed by atoms with Crippen molar-refractivity contribution >= 4 is 16.9 Å². The molecule has 5 rings (SSSR count). The number of furan rings is 1. The summed E-state index contributed by atoms with van der Waals surface area (Å²) in [5.41, 5.74) is 3.59. The van der Waals surface area contributed by atoms with Gasteiger partial charge in [-0.2, -0.15) is 0 Å². The number of nitrogens with zero attached hydrogens (tertiary/aromatic N) is 1. The van der Waals surface area contributed by atoms with Crippen molar-refractivity contribution in [2.75, 3.05) is 6.54 Å². The lowest BCUT2D eigenvalue weighted by Gasteiger charge is -2.29. The van der Waals surface area contributed by atoms with Gasteiger partial charge in [0, 0.05) is 29.6 Å². The zero-order valence-electron chi connectivity index (χ0n) is 17.3. The van der Waals surface area contributed by atoms with Gasteiger partial charge in [-0.3, -0.25) is 4.79 Å². The van der Waals surface area contributed by atoms with E-state index >= 15 is 0 Å². The molecule has 6 heteroatoms. The maximum absolute atomic E-state index is 13.1. The SMILES string of the molecule is Cc1c(-c2cc3cc(C(=O)N4CCc5ccccc5C4)ccc3o2)oc(=O)c(C)c1O. The van der Waals surface area contributed by atoms with Crippen LogP contribution in [0.25, 0.3) is 22.5 Å². The minimum absolute atomic E-state index is 0.0326. The zero-order valence-corrected chi connectivity index (χ0v) is 17.3. The van der Waals surface area contributed by atoms with E-state index < -0.39 is 5.63 Å². The molecule has 3 heterocycles. The van der Waals surface area contributed by atoms with E-state index in [0.29, 0.717) is 35.6 Å². The van der Waals surface area contributed by atoms with Gasteiger partial charge >= 0.3 is 5.63 Å². The second kappa shape index (κ2) is 7.16. The molecule has 0 atom stereocenters. The highest BCUT2D eigenvalue weighted by Crippen LogP contribution is 2.34. The summed E-state index contributed by atoms with van der Waals surface area (Å²) in [5.74, 6) is 0.379. The molecule has 0 saturated carbocycles. The smallest absolute Gasteiger partial charge is 0.343 e. The molecule has 1 aliphatic rings. The lowest BCUT2D eigenvalue weighted by Crippen LogP contribution is -2.35. The van der Waals surface area contributed by atoms with Gasteiger partial charge in [0.05, 0.1) is 5.56 Å². The number of fused-ring (bicyclic) bond motifs is 2. The predicted octanol–water partition coefficient (Wildman–Crippen LogP) is 4.57. The van der Waals surface area contributed by atoms with E-state index in [-0.39, 0.29) is 23.0 Å². The van der Waals surface area contributed by atoms with Crippen molar-refractivity contribution in [1.29, 1.82) is 0 Å². The third-order valence-corrected chi connectivity index (χ3v) is 5.96. The summed E-state index contributed by atoms with van der Waals surface area (Å²) in [7, 11) is 0. The highest BCUT2D eigenvalue weighted by molar-refractivity contribution is 5.98. The maximum atomic E-state index is 13.1. The van der Waals surface area contributed by atoms with Crippen LogP contribution in [0.3, 0.4) is 0 Å². The first kappa shape index (κ1) is 19.2. The fourth-order valence-electron chi connectivity index (χ4n) is 4.11. The van der Waals surface area contributed by atoms with Gasteiger partial charge in [0.15, 0.2) is 11.5 Å². The zero-order chi connectivity index (χ0) is 21.7. The van der Waals surface area contributed by atoms with Crippen molar-refractivity contribution in [2.24, 2.45) is 0 Å². The summed E-state index contributed by atoms with van der Waals surface area (Å²) in [6.45, 7) is 4.44. The minimum Gasteiger partial charge on any atom is -0.507 e. The topological polar surface area (TPSA) is 83.9 Å². The molecule has 0 bridgehead atoms. The van der Waals surface area contributed by atoms with Gasteiger partial charge in [0.2, 0.25) is 0 Å². The number of aromatic hydroxyl groups is 1. The van der Waals surface area contributed by atoms with Crippen LogP contribution < -0.4 is 5.63 Å². The predicted molar refractivity (Wildman–Crippen MR) is 116 cm³/mol. The first-order chi connectivity index (χ1) is 14.9. The quantitative estimate of drug-likeness (QED) is 0.518. The van der Waals surface area contributed by atoms with E-state index in [0.717, 1.165) is 11.8 Å². The summed E-state index contributed by atoms with van der Waals surface area (Å²) in [6.07, 6.45) is 0.843. The Morgan fingerprint density at radius 2 is 1.77 bits per heavy atom. The first-order valence-electron chi connectivity index (χ1n) is 10.2. The highest BCUT2D eigenvalue weighted by Gasteiger charge is 2.23. The van der Waals surface area contributed by atoms with Crippen LogP contribution in [0.4, 0.5) is 0 Å². The van der Waals surface area contributed by atoms with E-state index in [1.165, 1.54) is 18.1 Å². The Hall–Kier alpha value is -3.80. The molecule has 6 nitrogen and oxygen atoms in total. The van der Waals surface area contributed by atoms with Crippen LogP contribution in [0.15, 0.2) is 62.2 Å². The monoisotopic (exact) mass is 415 g/mol. The standard InChI is InChI=1S/C25H21NO5/c1-14-22(27)15(2)25(29)31-23(14)21-12-19-11-17(7-8-20(19)30-21)24(28)26-10-9-16-5-3-4-6-18(16)13-26/h3-8,11-12,27H,9-10,13H2,1-2H3. The van der Waals surface area contributed by atoms with Crippen LogP contribution in [0, 0.1) is 13.8 Å². The number of benzene rings is 2. The number of carbonyl (C=O) groups excluding carboxylic acids is 1. The molecule has 1 aliphatic heterocycles. The van der Waals surface area contributed by atoms with E-state index in [1.807, 2.05) is 17.0 Å². The van der Waals surface area contributed by atoms with Crippen molar-refractivity contribution in [3.63, 3.8) is 0 Å². The molecule has 1 N–H and O–H groups in total. The van der Waals surface area contributed by atoms with Crippen LogP contribution in [0.1, 0.15) is 32.6 Å². The average Bonchev–Trinajstić information content (AvgIpc) is 3.22. The molecule has 2 aromatic carbocycles. The normalized spacial score (nSPS) is 13.4. The third kappa shape index (κ3) is 3.20. The Bertz CT molecular complexity index is 1400. The molecule has 31 heavy (non-hydrogen) atoms. The van der Waals surface area contributed by atoms with Gasteiger partial charge in [-0.1, -0.05) is 24.3 Å². The van der Waals surface area contributed by atoms with Crippen LogP contribution in [-0.2, 0) is 13.0 Å². The number of hydrogen-bond acceptors (Lipinski definition) is 5. The van der Waals surface area contributed by atoms with Crippen molar-refractivity contribution < 1.29 is 18.7 Å². The third-order valence-electron chi connectivity index (χ3n) is 5.96. The van der Waals surface area contributed by atoms with E-state index in [1.54, 1.807) is 31.2 Å². The summed E-state index contributed by atoms with van der Waals surface area (Å²) >= 11 is 0.